The zero-order valence-electron chi connectivity index (χ0n) is 33.4. The van der Waals surface area contributed by atoms with Crippen molar-refractivity contribution in [3.05, 3.63) is 36.5 Å². The van der Waals surface area contributed by atoms with Crippen LogP contribution in [0.4, 0.5) is 0 Å². The third-order valence-electron chi connectivity index (χ3n) is 9.13. The number of ether oxygens (including phenoxy) is 3. The topological polar surface area (TPSA) is 61.8 Å². The molecule has 5 heteroatoms. The quantitative estimate of drug-likeness (QED) is 0.0362. The van der Waals surface area contributed by atoms with Gasteiger partial charge in [0.05, 0.1) is 6.61 Å². The van der Waals surface area contributed by atoms with E-state index in [4.69, 9.17) is 14.2 Å². The van der Waals surface area contributed by atoms with Gasteiger partial charge < -0.3 is 14.2 Å². The van der Waals surface area contributed by atoms with Crippen LogP contribution in [0.2, 0.25) is 0 Å². The van der Waals surface area contributed by atoms with E-state index in [0.29, 0.717) is 19.4 Å². The van der Waals surface area contributed by atoms with E-state index in [9.17, 15) is 9.59 Å². The molecule has 0 heterocycles. The van der Waals surface area contributed by atoms with E-state index in [1.807, 2.05) is 0 Å². The van der Waals surface area contributed by atoms with Crippen molar-refractivity contribution in [2.75, 3.05) is 19.8 Å². The first-order valence-corrected chi connectivity index (χ1v) is 21.5. The Morgan fingerprint density at radius 1 is 0.440 bits per heavy atom. The van der Waals surface area contributed by atoms with Crippen molar-refractivity contribution in [1.82, 2.24) is 0 Å². The van der Waals surface area contributed by atoms with Gasteiger partial charge in [0.25, 0.3) is 0 Å². The number of carbonyl (C=O) groups is 2. The third-order valence-corrected chi connectivity index (χ3v) is 9.13. The van der Waals surface area contributed by atoms with Gasteiger partial charge in [0.2, 0.25) is 0 Å². The summed E-state index contributed by atoms with van der Waals surface area (Å²) < 4.78 is 17.2. The maximum atomic E-state index is 12.6. The lowest BCUT2D eigenvalue weighted by Crippen LogP contribution is -2.30. The van der Waals surface area contributed by atoms with Gasteiger partial charge in [0, 0.05) is 19.4 Å². The van der Waals surface area contributed by atoms with Crippen molar-refractivity contribution in [2.24, 2.45) is 0 Å². The number of esters is 2. The molecule has 0 spiro atoms. The second-order valence-electron chi connectivity index (χ2n) is 14.2. The van der Waals surface area contributed by atoms with Gasteiger partial charge >= 0.3 is 11.9 Å². The number of carbonyl (C=O) groups excluding carboxylic acids is 2. The molecule has 0 saturated carbocycles. The fourth-order valence-electron chi connectivity index (χ4n) is 5.89. The Kier molecular flexibility index (Phi) is 40.0. The van der Waals surface area contributed by atoms with Crippen LogP contribution in [0.15, 0.2) is 36.5 Å². The van der Waals surface area contributed by atoms with Crippen molar-refractivity contribution < 1.29 is 23.8 Å². The lowest BCUT2D eigenvalue weighted by Gasteiger charge is -2.18. The van der Waals surface area contributed by atoms with Crippen LogP contribution in [0, 0.1) is 0 Å². The Balaban J connectivity index is 4.19. The van der Waals surface area contributed by atoms with Gasteiger partial charge in [0.1, 0.15) is 6.61 Å². The van der Waals surface area contributed by atoms with Crippen molar-refractivity contribution in [3.8, 4) is 0 Å². The molecule has 50 heavy (non-hydrogen) atoms. The second-order valence-corrected chi connectivity index (χ2v) is 14.2. The smallest absolute Gasteiger partial charge is 0.306 e. The lowest BCUT2D eigenvalue weighted by molar-refractivity contribution is -0.163. The number of rotatable bonds is 39. The Hall–Kier alpha value is -1.88. The van der Waals surface area contributed by atoms with Crippen LogP contribution in [0.1, 0.15) is 213 Å². The highest BCUT2D eigenvalue weighted by Gasteiger charge is 2.17. The molecule has 292 valence electrons. The van der Waals surface area contributed by atoms with Crippen molar-refractivity contribution >= 4 is 11.9 Å². The van der Waals surface area contributed by atoms with Crippen LogP contribution in [0.5, 0.6) is 0 Å². The van der Waals surface area contributed by atoms with E-state index in [2.05, 4.69) is 57.2 Å². The van der Waals surface area contributed by atoms with Gasteiger partial charge in [-0.3, -0.25) is 9.59 Å². The predicted molar refractivity (Wildman–Crippen MR) is 215 cm³/mol. The summed E-state index contributed by atoms with van der Waals surface area (Å²) in [6, 6.07) is 0. The van der Waals surface area contributed by atoms with Crippen LogP contribution < -0.4 is 0 Å². The molecule has 0 aromatic carbocycles. The largest absolute Gasteiger partial charge is 0.462 e. The fraction of sp³-hybridized carbons (Fsp3) is 0.822. The van der Waals surface area contributed by atoms with Gasteiger partial charge in [-0.05, 0) is 70.6 Å². The zero-order chi connectivity index (χ0) is 36.4. The number of hydrogen-bond acceptors (Lipinski definition) is 5. The van der Waals surface area contributed by atoms with Crippen molar-refractivity contribution in [3.63, 3.8) is 0 Å². The minimum Gasteiger partial charge on any atom is -0.462 e. The van der Waals surface area contributed by atoms with Crippen LogP contribution in [0.25, 0.3) is 0 Å². The van der Waals surface area contributed by atoms with E-state index < -0.39 is 6.10 Å². The lowest BCUT2D eigenvalue weighted by atomic mass is 10.1. The normalized spacial score (nSPS) is 12.5. The summed E-state index contributed by atoms with van der Waals surface area (Å²) in [6.07, 6.45) is 47.1. The van der Waals surface area contributed by atoms with Gasteiger partial charge in [-0.2, -0.15) is 0 Å². The predicted octanol–water partition coefficient (Wildman–Crippen LogP) is 13.9. The molecule has 0 fully saturated rings. The van der Waals surface area contributed by atoms with Crippen molar-refractivity contribution in [2.45, 2.75) is 219 Å². The molecule has 0 N–H and O–H groups in total. The standard InChI is InChI=1S/C45H82O5/c1-4-7-10-13-16-18-20-22-24-26-28-31-34-37-40-48-41-43(50-45(47)39-36-33-29-15-12-9-6-3)42-49-44(46)38-35-32-30-27-25-23-21-19-17-14-11-8-5-2/h10,13,18-21,43H,4-9,11-12,14-17,22-42H2,1-3H3/b13-10-,20-18-,21-19-. The Morgan fingerprint density at radius 3 is 1.44 bits per heavy atom. The molecule has 0 aliphatic heterocycles. The molecular formula is C45H82O5. The van der Waals surface area contributed by atoms with E-state index in [1.165, 1.54) is 122 Å². The van der Waals surface area contributed by atoms with Crippen LogP contribution in [0.3, 0.4) is 0 Å². The summed E-state index contributed by atoms with van der Waals surface area (Å²) in [4.78, 5) is 25.0. The minimum atomic E-state index is -0.536. The van der Waals surface area contributed by atoms with Crippen LogP contribution in [-0.4, -0.2) is 37.9 Å². The first-order valence-electron chi connectivity index (χ1n) is 21.5. The molecule has 0 aromatic rings. The summed E-state index contributed by atoms with van der Waals surface area (Å²) in [5, 5.41) is 0. The van der Waals surface area contributed by atoms with Crippen LogP contribution >= 0.6 is 0 Å². The van der Waals surface area contributed by atoms with Crippen LogP contribution in [-0.2, 0) is 23.8 Å². The molecule has 0 aliphatic rings. The molecule has 0 aromatic heterocycles. The summed E-state index contributed by atoms with van der Waals surface area (Å²) >= 11 is 0. The summed E-state index contributed by atoms with van der Waals surface area (Å²) in [7, 11) is 0. The molecule has 0 saturated heterocycles. The Morgan fingerprint density at radius 2 is 0.880 bits per heavy atom. The Labute approximate surface area is 310 Å². The first kappa shape index (κ1) is 48.1. The summed E-state index contributed by atoms with van der Waals surface area (Å²) in [5.41, 5.74) is 0. The third kappa shape index (κ3) is 38.9. The SMILES string of the molecule is CCC/C=C\C/C=C\CCCCCCCCOCC(COC(=O)CCCCCCC/C=C\CCCCCC)OC(=O)CCCCCCCCC. The highest BCUT2D eigenvalue weighted by atomic mass is 16.6. The highest BCUT2D eigenvalue weighted by molar-refractivity contribution is 5.70. The van der Waals surface area contributed by atoms with Gasteiger partial charge in [-0.1, -0.05) is 166 Å². The highest BCUT2D eigenvalue weighted by Crippen LogP contribution is 2.13. The molecule has 1 atom stereocenters. The number of allylic oxidation sites excluding steroid dienone is 6. The molecule has 5 nitrogen and oxygen atoms in total. The van der Waals surface area contributed by atoms with Gasteiger partial charge in [0.15, 0.2) is 6.10 Å². The average Bonchev–Trinajstić information content (AvgIpc) is 3.11. The van der Waals surface area contributed by atoms with Gasteiger partial charge in [-0.15, -0.1) is 0 Å². The van der Waals surface area contributed by atoms with E-state index in [0.717, 1.165) is 57.8 Å². The summed E-state index contributed by atoms with van der Waals surface area (Å²) in [5.74, 6) is -0.416. The van der Waals surface area contributed by atoms with E-state index >= 15 is 0 Å². The minimum absolute atomic E-state index is 0.0792. The molecule has 0 aliphatic carbocycles. The molecule has 0 rings (SSSR count). The molecule has 0 amide bonds. The molecule has 0 bridgehead atoms. The molecule has 1 unspecified atom stereocenters. The van der Waals surface area contributed by atoms with E-state index in [-0.39, 0.29) is 25.2 Å². The average molecular weight is 703 g/mol. The fourth-order valence-corrected chi connectivity index (χ4v) is 5.89. The number of unbranched alkanes of at least 4 members (excludes halogenated alkanes) is 22. The molecule has 0 radical (unpaired) electrons. The van der Waals surface area contributed by atoms with Gasteiger partial charge in [-0.25, -0.2) is 0 Å². The Bertz CT molecular complexity index is 801. The zero-order valence-corrected chi connectivity index (χ0v) is 33.4. The first-order chi connectivity index (χ1) is 24.6. The maximum absolute atomic E-state index is 12.6. The number of hydrogen-bond donors (Lipinski definition) is 0. The van der Waals surface area contributed by atoms with Crippen molar-refractivity contribution in [1.29, 1.82) is 0 Å². The molecular weight excluding hydrogens is 620 g/mol. The maximum Gasteiger partial charge on any atom is 0.306 e. The second kappa shape index (κ2) is 41.5. The monoisotopic (exact) mass is 703 g/mol. The summed E-state index contributed by atoms with van der Waals surface area (Å²) in [6.45, 7) is 7.69. The van der Waals surface area contributed by atoms with E-state index in [1.54, 1.807) is 0 Å².